The first-order chi connectivity index (χ1) is 36.8. The summed E-state index contributed by atoms with van der Waals surface area (Å²) in [6.07, 6.45) is 0. The number of fused-ring (bicyclic) bond motifs is 5. The summed E-state index contributed by atoms with van der Waals surface area (Å²) in [7, 11) is -1.98. The SMILES string of the molecule is CC(C)c1cc([Si](C)(C)c2ccccc2)cc(C(C)C)c1-n1c(-c2[c-]ccc3c2oc2cc(-c4ccccc4)ccc23)nc2ccccc21.CC(C)c1cccc(C(C)C)c1-n1c(-c2[c-]cccc2)nc2ccccc21.[Ir]. The van der Waals surface area contributed by atoms with E-state index < -0.39 is 8.07 Å². The van der Waals surface area contributed by atoms with E-state index in [4.69, 9.17) is 14.4 Å². The van der Waals surface area contributed by atoms with Crippen molar-refractivity contribution in [2.24, 2.45) is 0 Å². The van der Waals surface area contributed by atoms with Crippen LogP contribution >= 0.6 is 0 Å². The number of para-hydroxylation sites is 5. The Morgan fingerprint density at radius 3 is 1.56 bits per heavy atom. The summed E-state index contributed by atoms with van der Waals surface area (Å²) in [5.74, 6) is 3.24. The van der Waals surface area contributed by atoms with Crippen LogP contribution in [0.1, 0.15) is 101 Å². The van der Waals surface area contributed by atoms with Crippen molar-refractivity contribution in [3.8, 4) is 45.3 Å². The van der Waals surface area contributed by atoms with E-state index in [2.05, 4.69) is 254 Å². The fraction of sp³-hybridized carbons (Fsp3) is 0.200. The fourth-order valence-corrected chi connectivity index (χ4v) is 13.5. The van der Waals surface area contributed by atoms with E-state index >= 15 is 0 Å². The Labute approximate surface area is 469 Å². The van der Waals surface area contributed by atoms with Gasteiger partial charge in [-0.15, -0.1) is 54.1 Å². The molecule has 0 amide bonds. The summed E-state index contributed by atoms with van der Waals surface area (Å²) >= 11 is 0. The number of hydrogen-bond donors (Lipinski definition) is 0. The van der Waals surface area contributed by atoms with Gasteiger partial charge in [-0.05, 0) is 87.4 Å². The largest absolute Gasteiger partial charge is 0.501 e. The van der Waals surface area contributed by atoms with Crippen LogP contribution in [0.4, 0.5) is 0 Å². The molecule has 77 heavy (non-hydrogen) atoms. The number of furan rings is 1. The number of imidazole rings is 2. The Hall–Kier alpha value is -7.41. The molecule has 12 aromatic rings. The third-order valence-corrected chi connectivity index (χ3v) is 18.8. The van der Waals surface area contributed by atoms with E-state index in [1.54, 1.807) is 0 Å². The zero-order chi connectivity index (χ0) is 52.8. The summed E-state index contributed by atoms with van der Waals surface area (Å²) in [4.78, 5) is 10.3. The van der Waals surface area contributed by atoms with Gasteiger partial charge in [-0.2, -0.15) is 0 Å². The van der Waals surface area contributed by atoms with E-state index in [-0.39, 0.29) is 20.1 Å². The number of hydrogen-bond acceptors (Lipinski definition) is 3. The van der Waals surface area contributed by atoms with Crippen LogP contribution in [0.25, 0.3) is 89.3 Å². The van der Waals surface area contributed by atoms with Crippen LogP contribution < -0.4 is 10.4 Å². The van der Waals surface area contributed by atoms with Gasteiger partial charge >= 0.3 is 0 Å². The Bertz CT molecular complexity index is 3980. The van der Waals surface area contributed by atoms with Crippen molar-refractivity contribution in [3.63, 3.8) is 0 Å². The van der Waals surface area contributed by atoms with Gasteiger partial charge in [0, 0.05) is 36.9 Å². The first-order valence-electron chi connectivity index (χ1n) is 27.0. The molecule has 9 aromatic carbocycles. The average molecular weight is 1200 g/mol. The molecule has 0 aliphatic heterocycles. The molecule has 12 rings (SSSR count). The molecule has 5 nitrogen and oxygen atoms in total. The summed E-state index contributed by atoms with van der Waals surface area (Å²) < 4.78 is 11.5. The molecule has 0 N–H and O–H groups in total. The van der Waals surface area contributed by atoms with Crippen molar-refractivity contribution in [3.05, 3.63) is 229 Å². The molecular weight excluding hydrogens is 1130 g/mol. The van der Waals surface area contributed by atoms with E-state index in [1.165, 1.54) is 49.6 Å². The zero-order valence-electron chi connectivity index (χ0n) is 45.8. The molecule has 0 saturated heterocycles. The first-order valence-corrected chi connectivity index (χ1v) is 30.0. The van der Waals surface area contributed by atoms with Crippen molar-refractivity contribution < 1.29 is 24.5 Å². The maximum Gasteiger partial charge on any atom is 0.121 e. The van der Waals surface area contributed by atoms with Gasteiger partial charge in [-0.1, -0.05) is 217 Å². The molecule has 0 aliphatic carbocycles. The van der Waals surface area contributed by atoms with E-state index in [0.29, 0.717) is 23.7 Å². The molecule has 7 heteroatoms. The minimum Gasteiger partial charge on any atom is -0.501 e. The molecule has 0 spiro atoms. The standard InChI is InChI=1S/C45H41N2OSi.C25H25N2.Ir/c1-29(2)38-27-34(49(5,6)33-18-11-8-12-19-33)28-39(30(3)4)43(38)47-41-23-14-13-22-40(41)46-45(47)37-21-15-20-36-35-25-24-32(26-42(35)48-44(36)37)31-16-9-7-10-17-31;1-17(2)20-13-10-14-21(18(3)4)24(20)27-23-16-9-8-15-22(23)26-25(27)19-11-6-5-7-12-19;/h7-20,22-30H,1-6H3;5-11,13-18H,1-4H3;/q2*-1;. The molecule has 0 aliphatic rings. The van der Waals surface area contributed by atoms with E-state index in [1.807, 2.05) is 30.3 Å². The summed E-state index contributed by atoms with van der Waals surface area (Å²) in [6, 6.07) is 75.8. The van der Waals surface area contributed by atoms with Gasteiger partial charge in [0.05, 0.1) is 39.3 Å². The Balaban J connectivity index is 0.000000203. The van der Waals surface area contributed by atoms with E-state index in [0.717, 1.165) is 72.3 Å². The molecule has 0 saturated carbocycles. The topological polar surface area (TPSA) is 48.8 Å². The predicted molar refractivity (Wildman–Crippen MR) is 323 cm³/mol. The summed E-state index contributed by atoms with van der Waals surface area (Å²) in [5.41, 5.74) is 17.9. The van der Waals surface area contributed by atoms with Crippen molar-refractivity contribution in [1.82, 2.24) is 19.1 Å². The first kappa shape index (κ1) is 53.0. The van der Waals surface area contributed by atoms with Gasteiger partial charge in [0.1, 0.15) is 13.7 Å². The average Bonchev–Trinajstić information content (AvgIpc) is 4.25. The number of rotatable bonds is 11. The van der Waals surface area contributed by atoms with Gasteiger partial charge in [0.15, 0.2) is 0 Å². The predicted octanol–water partition coefficient (Wildman–Crippen LogP) is 17.9. The smallest absolute Gasteiger partial charge is 0.121 e. The van der Waals surface area contributed by atoms with Crippen LogP contribution in [0.2, 0.25) is 13.1 Å². The second-order valence-electron chi connectivity index (χ2n) is 22.0. The normalized spacial score (nSPS) is 11.9. The Morgan fingerprint density at radius 2 is 0.974 bits per heavy atom. The minimum absolute atomic E-state index is 0. The third-order valence-electron chi connectivity index (χ3n) is 15.3. The monoisotopic (exact) mass is 1200 g/mol. The zero-order valence-corrected chi connectivity index (χ0v) is 49.2. The quantitative estimate of drug-likeness (QED) is 0.0958. The molecule has 3 aromatic heterocycles. The molecule has 3 heterocycles. The Morgan fingerprint density at radius 1 is 0.442 bits per heavy atom. The van der Waals surface area contributed by atoms with Crippen LogP contribution in [0, 0.1) is 12.1 Å². The second-order valence-corrected chi connectivity index (χ2v) is 26.4. The van der Waals surface area contributed by atoms with Gasteiger partial charge in [0.25, 0.3) is 0 Å². The summed E-state index contributed by atoms with van der Waals surface area (Å²) in [5, 5.41) is 5.07. The van der Waals surface area contributed by atoms with Crippen molar-refractivity contribution >= 4 is 62.5 Å². The van der Waals surface area contributed by atoms with Crippen LogP contribution in [0.15, 0.2) is 199 Å². The fourth-order valence-electron chi connectivity index (χ4n) is 11.1. The van der Waals surface area contributed by atoms with Gasteiger partial charge in [0.2, 0.25) is 0 Å². The van der Waals surface area contributed by atoms with Crippen molar-refractivity contribution in [2.75, 3.05) is 0 Å². The van der Waals surface area contributed by atoms with Crippen LogP contribution in [0.5, 0.6) is 0 Å². The Kier molecular flexibility index (Phi) is 15.1. The molecule has 0 bridgehead atoms. The second kappa shape index (κ2) is 21.9. The molecule has 1 radical (unpaired) electrons. The minimum atomic E-state index is -1.98. The molecule has 0 atom stereocenters. The van der Waals surface area contributed by atoms with Gasteiger partial charge < -0.3 is 13.6 Å². The molecule has 0 unspecified atom stereocenters. The number of benzene rings is 9. The summed E-state index contributed by atoms with van der Waals surface area (Å²) in [6.45, 7) is 23.3. The number of aromatic nitrogens is 4. The molecule has 387 valence electrons. The van der Waals surface area contributed by atoms with Gasteiger partial charge in [-0.25, -0.2) is 0 Å². The van der Waals surface area contributed by atoms with Crippen LogP contribution in [-0.4, -0.2) is 27.2 Å². The van der Waals surface area contributed by atoms with Crippen LogP contribution in [-0.2, 0) is 20.1 Å². The van der Waals surface area contributed by atoms with Crippen molar-refractivity contribution in [2.45, 2.75) is 92.2 Å². The van der Waals surface area contributed by atoms with Crippen LogP contribution in [0.3, 0.4) is 0 Å². The molecular formula is C70H66IrN4OSi-2. The molecule has 0 fully saturated rings. The third kappa shape index (κ3) is 9.86. The van der Waals surface area contributed by atoms with Gasteiger partial charge in [-0.3, -0.25) is 9.97 Å². The maximum atomic E-state index is 6.78. The maximum absolute atomic E-state index is 6.78. The van der Waals surface area contributed by atoms with Crippen molar-refractivity contribution in [1.29, 1.82) is 0 Å². The van der Waals surface area contributed by atoms with E-state index in [9.17, 15) is 0 Å². The number of nitrogens with zero attached hydrogens (tertiary/aromatic N) is 4.